The van der Waals surface area contributed by atoms with Gasteiger partial charge in [-0.25, -0.2) is 4.79 Å². The molecule has 1 aliphatic heterocycles. The van der Waals surface area contributed by atoms with E-state index >= 15 is 0 Å². The number of aliphatic hydroxyl groups excluding tert-OH is 1. The van der Waals surface area contributed by atoms with E-state index in [4.69, 9.17) is 4.74 Å². The zero-order valence-electron chi connectivity index (χ0n) is 16.2. The number of nitrogens with zero attached hydrogens (tertiary/aromatic N) is 1. The molecule has 2 aromatic rings. The number of amides is 2. The van der Waals surface area contributed by atoms with E-state index < -0.39 is 29.2 Å². The molecule has 0 radical (unpaired) electrons. The minimum absolute atomic E-state index is 0.144. The first-order valence-corrected chi connectivity index (χ1v) is 9.69. The number of piperidine rings is 1. The Morgan fingerprint density at radius 3 is 2.33 bits per heavy atom. The highest BCUT2D eigenvalue weighted by Gasteiger charge is 2.67. The molecule has 1 saturated carbocycles. The number of aliphatic hydroxyl groups is 1. The summed E-state index contributed by atoms with van der Waals surface area (Å²) in [4.78, 5) is 37.8. The van der Waals surface area contributed by atoms with Crippen molar-refractivity contribution in [2.45, 2.75) is 24.9 Å². The fraction of sp³-hybridized carbons (Fsp3) is 0.318. The van der Waals surface area contributed by atoms with Crippen LogP contribution in [0.15, 0.2) is 54.6 Å². The number of nitrogens with one attached hydrogen (secondary N) is 1. The molecule has 1 saturated heterocycles. The average molecular weight is 410 g/mol. The van der Waals surface area contributed by atoms with E-state index in [1.54, 1.807) is 24.3 Å². The van der Waals surface area contributed by atoms with Gasteiger partial charge in [0, 0.05) is 17.0 Å². The van der Waals surface area contributed by atoms with E-state index in [-0.39, 0.29) is 25.6 Å². The summed E-state index contributed by atoms with van der Waals surface area (Å²) in [5, 5.41) is 21.5. The second-order valence-electron chi connectivity index (χ2n) is 7.72. The Balaban J connectivity index is 1.34. The molecule has 3 N–H and O–H groups in total. The molecular weight excluding hydrogens is 388 g/mol. The zero-order valence-corrected chi connectivity index (χ0v) is 16.2. The van der Waals surface area contributed by atoms with Crippen LogP contribution in [0.2, 0.25) is 0 Å². The lowest BCUT2D eigenvalue weighted by Gasteiger charge is -2.24. The number of hydrogen-bond donors (Lipinski definition) is 3. The van der Waals surface area contributed by atoms with Crippen molar-refractivity contribution in [3.8, 4) is 11.5 Å². The average Bonchev–Trinajstić information content (AvgIpc) is 3.37. The van der Waals surface area contributed by atoms with Crippen molar-refractivity contribution in [3.63, 3.8) is 0 Å². The summed E-state index contributed by atoms with van der Waals surface area (Å²) in [6, 6.07) is 14.5. The van der Waals surface area contributed by atoms with Gasteiger partial charge in [0.15, 0.2) is 0 Å². The van der Waals surface area contributed by atoms with Gasteiger partial charge in [-0.1, -0.05) is 18.2 Å². The fourth-order valence-corrected chi connectivity index (χ4v) is 4.08. The van der Waals surface area contributed by atoms with Crippen LogP contribution in [-0.4, -0.2) is 58.1 Å². The van der Waals surface area contributed by atoms with Crippen molar-refractivity contribution in [1.82, 2.24) is 10.2 Å². The number of ether oxygens (including phenoxy) is 1. The van der Waals surface area contributed by atoms with Crippen LogP contribution >= 0.6 is 0 Å². The van der Waals surface area contributed by atoms with Crippen molar-refractivity contribution in [3.05, 3.63) is 60.2 Å². The standard InChI is InChI=1S/C22H22N2O6/c25-13-22-10-17(21(28)29)24(18(22)11-22)19(26)12-23-20(27)14-6-8-16(9-7-14)30-15-4-2-1-3-5-15/h1-9,17-18,25H,10-13H2,(H,23,27)(H,28,29)/t17-,18-,22+/m0/s1. The Hall–Kier alpha value is -3.39. The molecule has 2 fully saturated rings. The number of carbonyl (C=O) groups is 3. The molecule has 8 heteroatoms. The van der Waals surface area contributed by atoms with E-state index in [0.717, 1.165) is 0 Å². The Bertz CT molecular complexity index is 961. The molecule has 156 valence electrons. The number of aliphatic carboxylic acids is 1. The van der Waals surface area contributed by atoms with Gasteiger partial charge in [-0.05, 0) is 49.2 Å². The van der Waals surface area contributed by atoms with Gasteiger partial charge in [-0.2, -0.15) is 0 Å². The van der Waals surface area contributed by atoms with E-state index in [0.29, 0.717) is 23.5 Å². The van der Waals surface area contributed by atoms with E-state index in [9.17, 15) is 24.6 Å². The molecule has 0 bridgehead atoms. The molecule has 1 heterocycles. The predicted molar refractivity (Wildman–Crippen MR) is 106 cm³/mol. The summed E-state index contributed by atoms with van der Waals surface area (Å²) in [5.41, 5.74) is -0.146. The highest BCUT2D eigenvalue weighted by atomic mass is 16.5. The number of fused-ring (bicyclic) bond motifs is 1. The predicted octanol–water partition coefficient (Wildman–Crippen LogP) is 1.65. The van der Waals surface area contributed by atoms with Crippen LogP contribution in [-0.2, 0) is 9.59 Å². The van der Waals surface area contributed by atoms with Crippen LogP contribution in [0.3, 0.4) is 0 Å². The first-order valence-electron chi connectivity index (χ1n) is 9.69. The van der Waals surface area contributed by atoms with Gasteiger partial charge >= 0.3 is 5.97 Å². The monoisotopic (exact) mass is 410 g/mol. The second-order valence-corrected chi connectivity index (χ2v) is 7.72. The van der Waals surface area contributed by atoms with Gasteiger partial charge in [0.05, 0.1) is 13.2 Å². The topological polar surface area (TPSA) is 116 Å². The molecule has 0 unspecified atom stereocenters. The minimum atomic E-state index is -1.09. The molecule has 30 heavy (non-hydrogen) atoms. The van der Waals surface area contributed by atoms with Crippen molar-refractivity contribution >= 4 is 17.8 Å². The minimum Gasteiger partial charge on any atom is -0.480 e. The number of benzene rings is 2. The highest BCUT2D eigenvalue weighted by Crippen LogP contribution is 2.59. The van der Waals surface area contributed by atoms with E-state index in [1.165, 1.54) is 4.90 Å². The lowest BCUT2D eigenvalue weighted by molar-refractivity contribution is -0.149. The second kappa shape index (κ2) is 7.79. The van der Waals surface area contributed by atoms with Gasteiger partial charge in [-0.15, -0.1) is 0 Å². The smallest absolute Gasteiger partial charge is 0.326 e. The lowest BCUT2D eigenvalue weighted by atomic mass is 10.0. The van der Waals surface area contributed by atoms with Crippen LogP contribution < -0.4 is 10.1 Å². The van der Waals surface area contributed by atoms with Gasteiger partial charge in [-0.3, -0.25) is 9.59 Å². The van der Waals surface area contributed by atoms with Crippen molar-refractivity contribution in [2.24, 2.45) is 5.41 Å². The SMILES string of the molecule is O=C(NCC(=O)N1[C@H]2C[C@@]2(CO)C[C@H]1C(=O)O)c1ccc(Oc2ccccc2)cc1. The van der Waals surface area contributed by atoms with Gasteiger partial charge in [0.25, 0.3) is 5.91 Å². The summed E-state index contributed by atoms with van der Waals surface area (Å²) >= 11 is 0. The van der Waals surface area contributed by atoms with Crippen LogP contribution in [0.4, 0.5) is 0 Å². The lowest BCUT2D eigenvalue weighted by Crippen LogP contribution is -2.47. The van der Waals surface area contributed by atoms with Crippen molar-refractivity contribution in [2.75, 3.05) is 13.2 Å². The number of rotatable bonds is 7. The Morgan fingerprint density at radius 1 is 1.03 bits per heavy atom. The third-order valence-electron chi connectivity index (χ3n) is 5.80. The molecular formula is C22H22N2O6. The zero-order chi connectivity index (χ0) is 21.3. The number of hydrogen-bond acceptors (Lipinski definition) is 5. The van der Waals surface area contributed by atoms with Crippen LogP contribution in [0.5, 0.6) is 11.5 Å². The molecule has 2 aromatic carbocycles. The first kappa shape index (κ1) is 19.9. The number of carbonyl (C=O) groups excluding carboxylic acids is 2. The Kier molecular flexibility index (Phi) is 5.17. The maximum absolute atomic E-state index is 12.6. The maximum Gasteiger partial charge on any atom is 0.326 e. The highest BCUT2D eigenvalue weighted by molar-refractivity contribution is 5.97. The first-order chi connectivity index (χ1) is 14.4. The van der Waals surface area contributed by atoms with E-state index in [1.807, 2.05) is 30.3 Å². The Labute approximate surface area is 173 Å². The quantitative estimate of drug-likeness (QED) is 0.639. The van der Waals surface area contributed by atoms with Crippen molar-refractivity contribution < 1.29 is 29.3 Å². The molecule has 8 nitrogen and oxygen atoms in total. The van der Waals surface area contributed by atoms with Crippen LogP contribution in [0, 0.1) is 5.41 Å². The van der Waals surface area contributed by atoms with Crippen LogP contribution in [0.1, 0.15) is 23.2 Å². The number of carboxylic acids is 1. The molecule has 2 amide bonds. The number of carboxylic acid groups (broad SMARTS) is 1. The number of para-hydroxylation sites is 1. The third-order valence-corrected chi connectivity index (χ3v) is 5.80. The molecule has 2 aliphatic rings. The molecule has 4 rings (SSSR count). The summed E-state index contributed by atoms with van der Waals surface area (Å²) in [5.74, 6) is -0.742. The van der Waals surface area contributed by atoms with Crippen molar-refractivity contribution in [1.29, 1.82) is 0 Å². The third kappa shape index (κ3) is 3.73. The summed E-state index contributed by atoms with van der Waals surface area (Å²) in [7, 11) is 0. The van der Waals surface area contributed by atoms with Gasteiger partial charge < -0.3 is 25.2 Å². The summed E-state index contributed by atoms with van der Waals surface area (Å²) in [6.45, 7) is -0.447. The Morgan fingerprint density at radius 2 is 1.70 bits per heavy atom. The molecule has 3 atom stereocenters. The van der Waals surface area contributed by atoms with E-state index in [2.05, 4.69) is 5.32 Å². The molecule has 1 aliphatic carbocycles. The molecule has 0 aromatic heterocycles. The van der Waals surface area contributed by atoms with Gasteiger partial charge in [0.2, 0.25) is 5.91 Å². The normalized spacial score (nSPS) is 24.1. The fourth-order valence-electron chi connectivity index (χ4n) is 4.08. The maximum atomic E-state index is 12.6. The van der Waals surface area contributed by atoms with Crippen LogP contribution in [0.25, 0.3) is 0 Å². The molecule has 0 spiro atoms. The summed E-state index contributed by atoms with van der Waals surface area (Å²) in [6.07, 6.45) is 0.835. The largest absolute Gasteiger partial charge is 0.480 e. The van der Waals surface area contributed by atoms with Gasteiger partial charge in [0.1, 0.15) is 17.5 Å². The summed E-state index contributed by atoms with van der Waals surface area (Å²) < 4.78 is 5.68. The number of likely N-dealkylation sites (tertiary alicyclic amines) is 1.